The Bertz CT molecular complexity index is 1110. The quantitative estimate of drug-likeness (QED) is 0.296. The second-order valence-electron chi connectivity index (χ2n) is 7.94. The first-order valence-electron chi connectivity index (χ1n) is 10.2. The van der Waals surface area contributed by atoms with Gasteiger partial charge in [0, 0.05) is 5.56 Å². The Hall–Kier alpha value is -2.76. The SMILES string of the molecule is CCCc1cc(F)c(C2CCc3c(F)c(-c4ccc(F)cc4)c(F)c(F)c3C2)c(F)c1. The van der Waals surface area contributed by atoms with E-state index < -0.39 is 46.4 Å². The zero-order valence-electron chi connectivity index (χ0n) is 16.8. The molecule has 0 radical (unpaired) electrons. The summed E-state index contributed by atoms with van der Waals surface area (Å²) in [6.07, 6.45) is 1.25. The third kappa shape index (κ3) is 3.84. The van der Waals surface area contributed by atoms with Crippen molar-refractivity contribution in [2.45, 2.75) is 44.9 Å². The summed E-state index contributed by atoms with van der Waals surface area (Å²) in [5, 5.41) is 0. The Morgan fingerprint density at radius 2 is 1.45 bits per heavy atom. The normalized spacial score (nSPS) is 15.8. The van der Waals surface area contributed by atoms with Crippen molar-refractivity contribution in [1.29, 1.82) is 0 Å². The van der Waals surface area contributed by atoms with Crippen molar-refractivity contribution >= 4 is 0 Å². The number of hydrogen-bond acceptors (Lipinski definition) is 0. The smallest absolute Gasteiger partial charge is 0.169 e. The van der Waals surface area contributed by atoms with Crippen molar-refractivity contribution < 1.29 is 26.3 Å². The third-order valence-electron chi connectivity index (χ3n) is 5.94. The molecular formula is C25H20F6. The average molecular weight is 434 g/mol. The van der Waals surface area contributed by atoms with Crippen LogP contribution in [0.15, 0.2) is 36.4 Å². The lowest BCUT2D eigenvalue weighted by atomic mass is 9.78. The molecule has 3 aromatic rings. The molecule has 1 aliphatic carbocycles. The molecular weight excluding hydrogens is 414 g/mol. The maximum Gasteiger partial charge on any atom is 0.169 e. The molecule has 0 fully saturated rings. The second kappa shape index (κ2) is 8.40. The summed E-state index contributed by atoms with van der Waals surface area (Å²) < 4.78 is 87.4. The molecule has 1 unspecified atom stereocenters. The van der Waals surface area contributed by atoms with Crippen LogP contribution >= 0.6 is 0 Å². The van der Waals surface area contributed by atoms with E-state index in [0.717, 1.165) is 18.6 Å². The molecule has 1 aliphatic rings. The van der Waals surface area contributed by atoms with E-state index in [9.17, 15) is 22.0 Å². The van der Waals surface area contributed by atoms with Crippen LogP contribution in [-0.2, 0) is 19.3 Å². The summed E-state index contributed by atoms with van der Waals surface area (Å²) in [6.45, 7) is 1.90. The first-order chi connectivity index (χ1) is 14.8. The molecule has 0 saturated carbocycles. The monoisotopic (exact) mass is 434 g/mol. The lowest BCUT2D eigenvalue weighted by molar-refractivity contribution is 0.443. The largest absolute Gasteiger partial charge is 0.207 e. The topological polar surface area (TPSA) is 0 Å². The van der Waals surface area contributed by atoms with Crippen LogP contribution in [0.2, 0.25) is 0 Å². The van der Waals surface area contributed by atoms with Crippen molar-refractivity contribution in [2.75, 3.05) is 0 Å². The highest BCUT2D eigenvalue weighted by molar-refractivity contribution is 5.67. The maximum atomic E-state index is 15.2. The van der Waals surface area contributed by atoms with Gasteiger partial charge in [-0.3, -0.25) is 0 Å². The average Bonchev–Trinajstić information content (AvgIpc) is 2.73. The fourth-order valence-corrected chi connectivity index (χ4v) is 4.47. The highest BCUT2D eigenvalue weighted by Crippen LogP contribution is 2.41. The van der Waals surface area contributed by atoms with Gasteiger partial charge in [-0.15, -0.1) is 0 Å². The lowest BCUT2D eigenvalue weighted by Crippen LogP contribution is -2.20. The van der Waals surface area contributed by atoms with Gasteiger partial charge in [-0.05, 0) is 78.1 Å². The first kappa shape index (κ1) is 21.5. The van der Waals surface area contributed by atoms with E-state index in [2.05, 4.69) is 0 Å². The van der Waals surface area contributed by atoms with Crippen molar-refractivity contribution in [3.05, 3.63) is 93.6 Å². The molecule has 0 saturated heterocycles. The Labute approximate surface area is 176 Å². The van der Waals surface area contributed by atoms with E-state index in [4.69, 9.17) is 0 Å². The summed E-state index contributed by atoms with van der Waals surface area (Å²) in [6, 6.07) is 6.97. The van der Waals surface area contributed by atoms with Crippen molar-refractivity contribution in [1.82, 2.24) is 0 Å². The standard InChI is InChI=1S/C25H20F6/c1-2-3-13-10-19(27)21(20(28)11-13)15-6-9-17-18(12-15)24(30)25(31)22(23(17)29)14-4-7-16(26)8-5-14/h4-5,7-8,10-11,15H,2-3,6,9,12H2,1H3. The number of aryl methyl sites for hydroxylation is 1. The zero-order valence-corrected chi connectivity index (χ0v) is 16.8. The second-order valence-corrected chi connectivity index (χ2v) is 7.94. The van der Waals surface area contributed by atoms with E-state index >= 15 is 4.39 Å². The maximum absolute atomic E-state index is 15.2. The fraction of sp³-hybridized carbons (Fsp3) is 0.280. The molecule has 0 amide bonds. The summed E-state index contributed by atoms with van der Waals surface area (Å²) in [7, 11) is 0. The van der Waals surface area contributed by atoms with E-state index in [1.165, 1.54) is 24.3 Å². The van der Waals surface area contributed by atoms with Crippen molar-refractivity contribution in [3.63, 3.8) is 0 Å². The molecule has 0 aliphatic heterocycles. The van der Waals surface area contributed by atoms with Gasteiger partial charge in [-0.1, -0.05) is 25.5 Å². The highest BCUT2D eigenvalue weighted by Gasteiger charge is 2.33. The van der Waals surface area contributed by atoms with Crippen LogP contribution in [0.1, 0.15) is 47.9 Å². The van der Waals surface area contributed by atoms with E-state index in [-0.39, 0.29) is 41.5 Å². The Kier molecular flexibility index (Phi) is 5.82. The molecule has 4 rings (SSSR count). The number of benzene rings is 3. The molecule has 0 bridgehead atoms. The van der Waals surface area contributed by atoms with Crippen LogP contribution in [0.25, 0.3) is 11.1 Å². The third-order valence-corrected chi connectivity index (χ3v) is 5.94. The predicted octanol–water partition coefficient (Wildman–Crippen LogP) is 7.41. The molecule has 0 N–H and O–H groups in total. The van der Waals surface area contributed by atoms with Gasteiger partial charge < -0.3 is 0 Å². The van der Waals surface area contributed by atoms with Gasteiger partial charge in [0.25, 0.3) is 0 Å². The Morgan fingerprint density at radius 3 is 2.06 bits per heavy atom. The highest BCUT2D eigenvalue weighted by atomic mass is 19.2. The van der Waals surface area contributed by atoms with Crippen molar-refractivity contribution in [2.24, 2.45) is 0 Å². The summed E-state index contributed by atoms with van der Waals surface area (Å²) >= 11 is 0. The molecule has 1 atom stereocenters. The van der Waals surface area contributed by atoms with Gasteiger partial charge >= 0.3 is 0 Å². The van der Waals surface area contributed by atoms with Gasteiger partial charge in [0.15, 0.2) is 11.6 Å². The van der Waals surface area contributed by atoms with E-state index in [1.54, 1.807) is 0 Å². The number of hydrogen-bond donors (Lipinski definition) is 0. The molecule has 0 spiro atoms. The van der Waals surface area contributed by atoms with Crippen LogP contribution < -0.4 is 0 Å². The summed E-state index contributed by atoms with van der Waals surface area (Å²) in [5.41, 5.74) is -0.385. The van der Waals surface area contributed by atoms with Crippen molar-refractivity contribution in [3.8, 4) is 11.1 Å². The number of fused-ring (bicyclic) bond motifs is 1. The molecule has 31 heavy (non-hydrogen) atoms. The molecule has 0 nitrogen and oxygen atoms in total. The van der Waals surface area contributed by atoms with E-state index in [1.807, 2.05) is 6.92 Å². The van der Waals surface area contributed by atoms with Gasteiger partial charge in [0.2, 0.25) is 0 Å². The number of rotatable bonds is 4. The van der Waals surface area contributed by atoms with Crippen LogP contribution in [0.5, 0.6) is 0 Å². The Morgan fingerprint density at radius 1 is 0.806 bits per heavy atom. The van der Waals surface area contributed by atoms with Gasteiger partial charge in [0.1, 0.15) is 23.3 Å². The first-order valence-corrected chi connectivity index (χ1v) is 10.2. The fourth-order valence-electron chi connectivity index (χ4n) is 4.47. The minimum atomic E-state index is -1.39. The molecule has 0 aromatic heterocycles. The summed E-state index contributed by atoms with van der Waals surface area (Å²) in [4.78, 5) is 0. The van der Waals surface area contributed by atoms with Crippen LogP contribution in [0, 0.1) is 34.9 Å². The minimum Gasteiger partial charge on any atom is -0.207 e. The Balaban J connectivity index is 1.75. The van der Waals surface area contributed by atoms with Gasteiger partial charge in [-0.25, -0.2) is 26.3 Å². The van der Waals surface area contributed by atoms with Gasteiger partial charge in [0.05, 0.1) is 5.56 Å². The number of halogens is 6. The van der Waals surface area contributed by atoms with Crippen LogP contribution in [0.3, 0.4) is 0 Å². The predicted molar refractivity (Wildman–Crippen MR) is 107 cm³/mol. The zero-order chi connectivity index (χ0) is 22.3. The molecule has 3 aromatic carbocycles. The minimum absolute atomic E-state index is 0.00195. The lowest BCUT2D eigenvalue weighted by Gasteiger charge is -2.28. The molecule has 6 heteroatoms. The molecule has 0 heterocycles. The van der Waals surface area contributed by atoms with Gasteiger partial charge in [-0.2, -0.15) is 0 Å². The van der Waals surface area contributed by atoms with Crippen LogP contribution in [-0.4, -0.2) is 0 Å². The summed E-state index contributed by atoms with van der Waals surface area (Å²) in [5.74, 6) is -6.29. The molecule has 162 valence electrons. The van der Waals surface area contributed by atoms with E-state index in [0.29, 0.717) is 12.0 Å². The van der Waals surface area contributed by atoms with Crippen LogP contribution in [0.4, 0.5) is 26.3 Å².